The number of para-hydroxylation sites is 1. The molecule has 0 saturated heterocycles. The molecule has 30 heavy (non-hydrogen) atoms. The van der Waals surface area contributed by atoms with Crippen molar-refractivity contribution in [1.82, 2.24) is 4.98 Å². The van der Waals surface area contributed by atoms with Gasteiger partial charge in [0, 0.05) is 0 Å². The quantitative estimate of drug-likeness (QED) is 0.272. The summed E-state index contributed by atoms with van der Waals surface area (Å²) in [5, 5.41) is 2.27. The second kappa shape index (κ2) is 7.14. The Morgan fingerprint density at radius 3 is 2.33 bits per heavy atom. The van der Waals surface area contributed by atoms with Gasteiger partial charge in [0.05, 0.1) is 0 Å². The zero-order chi connectivity index (χ0) is 20.9. The molecule has 0 aliphatic carbocycles. The molecule has 0 radical (unpaired) electrons. The third-order valence-electron chi connectivity index (χ3n) is 5.81. The van der Waals surface area contributed by atoms with Gasteiger partial charge in [-0.25, -0.2) is 0 Å². The van der Waals surface area contributed by atoms with Crippen LogP contribution in [-0.4, -0.2) is 18.3 Å². The van der Waals surface area contributed by atoms with Crippen molar-refractivity contribution in [2.45, 2.75) is 24.2 Å². The second-order valence-electron chi connectivity index (χ2n) is 9.00. The Labute approximate surface area is 179 Å². The Morgan fingerprint density at radius 2 is 1.57 bits per heavy atom. The summed E-state index contributed by atoms with van der Waals surface area (Å²) >= 11 is -2.04. The van der Waals surface area contributed by atoms with Crippen LogP contribution in [0.15, 0.2) is 83.4 Å². The van der Waals surface area contributed by atoms with E-state index in [-0.39, 0.29) is 0 Å². The number of rotatable bonds is 3. The number of aryl methyl sites for hydroxylation is 1. The van der Waals surface area contributed by atoms with Crippen LogP contribution in [0.25, 0.3) is 44.3 Å². The molecule has 3 aromatic carbocycles. The first-order valence-electron chi connectivity index (χ1n) is 10.4. The fourth-order valence-corrected chi connectivity index (χ4v) is 7.22. The summed E-state index contributed by atoms with van der Waals surface area (Å²) in [7, 11) is 0. The first kappa shape index (κ1) is 19.1. The fraction of sp³-hybridized carbons (Fsp3) is 0.148. The average Bonchev–Trinajstić information content (AvgIpc) is 3.11. The molecule has 0 N–H and O–H groups in total. The predicted molar refractivity (Wildman–Crippen MR) is 130 cm³/mol. The minimum atomic E-state index is -2.04. The van der Waals surface area contributed by atoms with Crippen molar-refractivity contribution < 1.29 is 4.42 Å². The van der Waals surface area contributed by atoms with Gasteiger partial charge in [0.2, 0.25) is 0 Å². The van der Waals surface area contributed by atoms with Gasteiger partial charge < -0.3 is 0 Å². The average molecular weight is 452 g/mol. The summed E-state index contributed by atoms with van der Waals surface area (Å²) in [4.78, 5) is 4.81. The number of hydrogen-bond acceptors (Lipinski definition) is 2. The van der Waals surface area contributed by atoms with Crippen LogP contribution in [0.5, 0.6) is 0 Å². The van der Waals surface area contributed by atoms with E-state index in [9.17, 15) is 0 Å². The SMILES string of the molecule is Cc1ccc(-c2cc3oc4[c]([Ge]([CH3])([CH3])[CH3])cccc4c3cn2)cc1-c1ccccc1. The summed E-state index contributed by atoms with van der Waals surface area (Å²) in [5.74, 6) is 7.22. The topological polar surface area (TPSA) is 26.0 Å². The van der Waals surface area contributed by atoms with Crippen LogP contribution >= 0.6 is 0 Å². The summed E-state index contributed by atoms with van der Waals surface area (Å²) in [6.45, 7) is 2.15. The standard InChI is InChI=1S/C27H25GeNO/c1-18-13-14-20(15-22(18)19-9-6-5-7-10-19)25-16-26-23(17-29-25)21-11-8-12-24(27(21)30-26)28(2,3)4/h5-17H,1-4H3. The Balaban J connectivity index is 1.67. The molecule has 0 aliphatic rings. The number of aromatic nitrogens is 1. The third-order valence-corrected chi connectivity index (χ3v) is 10.0. The summed E-state index contributed by atoms with van der Waals surface area (Å²) in [5.41, 5.74) is 7.74. The van der Waals surface area contributed by atoms with Crippen molar-refractivity contribution in [3.05, 3.63) is 84.6 Å². The van der Waals surface area contributed by atoms with Gasteiger partial charge in [-0.15, -0.1) is 0 Å². The molecule has 5 aromatic rings. The molecule has 148 valence electrons. The van der Waals surface area contributed by atoms with Crippen molar-refractivity contribution in [2.75, 3.05) is 0 Å². The van der Waals surface area contributed by atoms with E-state index in [0.717, 1.165) is 27.8 Å². The number of furan rings is 1. The summed E-state index contributed by atoms with van der Waals surface area (Å²) in [6, 6.07) is 25.7. The molecule has 3 heteroatoms. The molecule has 0 spiro atoms. The number of fused-ring (bicyclic) bond motifs is 3. The molecule has 0 amide bonds. The van der Waals surface area contributed by atoms with Gasteiger partial charge in [-0.3, -0.25) is 0 Å². The van der Waals surface area contributed by atoms with Crippen LogP contribution in [0.3, 0.4) is 0 Å². The molecule has 2 heterocycles. The molecule has 0 unspecified atom stereocenters. The molecule has 2 aromatic heterocycles. The number of pyridine rings is 1. The van der Waals surface area contributed by atoms with Gasteiger partial charge in [-0.05, 0) is 0 Å². The van der Waals surface area contributed by atoms with E-state index in [2.05, 4.69) is 97.0 Å². The number of benzene rings is 3. The molecular formula is C27H25GeNO. The van der Waals surface area contributed by atoms with Crippen LogP contribution in [0.4, 0.5) is 0 Å². The molecule has 5 rings (SSSR count). The van der Waals surface area contributed by atoms with Gasteiger partial charge >= 0.3 is 174 Å². The Hall–Kier alpha value is -2.85. The van der Waals surface area contributed by atoms with E-state index in [1.165, 1.54) is 26.5 Å². The second-order valence-corrected chi connectivity index (χ2v) is 19.6. The van der Waals surface area contributed by atoms with E-state index in [1.807, 2.05) is 6.20 Å². The number of nitrogens with zero attached hydrogens (tertiary/aromatic N) is 1. The van der Waals surface area contributed by atoms with Gasteiger partial charge in [0.25, 0.3) is 0 Å². The van der Waals surface area contributed by atoms with Gasteiger partial charge in [-0.2, -0.15) is 0 Å². The molecule has 0 aliphatic heterocycles. The molecular weight excluding hydrogens is 427 g/mol. The summed E-state index contributed by atoms with van der Waals surface area (Å²) < 4.78 is 7.83. The van der Waals surface area contributed by atoms with E-state index in [0.29, 0.717) is 0 Å². The van der Waals surface area contributed by atoms with Gasteiger partial charge in [0.1, 0.15) is 0 Å². The van der Waals surface area contributed by atoms with Crippen molar-refractivity contribution in [2.24, 2.45) is 0 Å². The predicted octanol–water partition coefficient (Wildman–Crippen LogP) is 7.17. The number of hydrogen-bond donors (Lipinski definition) is 0. The van der Waals surface area contributed by atoms with Crippen LogP contribution < -0.4 is 4.40 Å². The van der Waals surface area contributed by atoms with E-state index >= 15 is 0 Å². The maximum absolute atomic E-state index is 6.42. The monoisotopic (exact) mass is 453 g/mol. The summed E-state index contributed by atoms with van der Waals surface area (Å²) in [6.07, 6.45) is 1.97. The van der Waals surface area contributed by atoms with Gasteiger partial charge in [0.15, 0.2) is 0 Å². The van der Waals surface area contributed by atoms with Crippen molar-refractivity contribution >= 4 is 39.6 Å². The normalized spacial score (nSPS) is 12.0. The van der Waals surface area contributed by atoms with E-state index in [4.69, 9.17) is 9.40 Å². The molecule has 0 saturated carbocycles. The molecule has 0 fully saturated rings. The van der Waals surface area contributed by atoms with Crippen LogP contribution in [0.2, 0.25) is 17.3 Å². The van der Waals surface area contributed by atoms with Crippen LogP contribution in [0, 0.1) is 6.92 Å². The van der Waals surface area contributed by atoms with Crippen LogP contribution in [0.1, 0.15) is 5.56 Å². The maximum atomic E-state index is 6.42. The van der Waals surface area contributed by atoms with Crippen molar-refractivity contribution in [3.63, 3.8) is 0 Å². The molecule has 2 nitrogen and oxygen atoms in total. The zero-order valence-electron chi connectivity index (χ0n) is 17.9. The minimum absolute atomic E-state index is 0.913. The van der Waals surface area contributed by atoms with Crippen molar-refractivity contribution in [1.29, 1.82) is 0 Å². The first-order chi connectivity index (χ1) is 14.4. The fourth-order valence-electron chi connectivity index (χ4n) is 4.15. The van der Waals surface area contributed by atoms with Crippen LogP contribution in [-0.2, 0) is 0 Å². The Bertz CT molecular complexity index is 1380. The zero-order valence-corrected chi connectivity index (χ0v) is 20.0. The van der Waals surface area contributed by atoms with Crippen molar-refractivity contribution in [3.8, 4) is 22.4 Å². The first-order valence-corrected chi connectivity index (χ1v) is 17.7. The van der Waals surface area contributed by atoms with E-state index < -0.39 is 13.3 Å². The third kappa shape index (κ3) is 3.25. The molecule has 0 bridgehead atoms. The van der Waals surface area contributed by atoms with E-state index in [1.54, 1.807) is 0 Å². The Morgan fingerprint density at radius 1 is 0.767 bits per heavy atom. The molecule has 0 atom stereocenters. The Kier molecular flexibility index (Phi) is 4.55. The van der Waals surface area contributed by atoms with Gasteiger partial charge in [-0.1, -0.05) is 6.07 Å².